The van der Waals surface area contributed by atoms with Gasteiger partial charge in [0.1, 0.15) is 19.2 Å². The van der Waals surface area contributed by atoms with Gasteiger partial charge in [-0.3, -0.25) is 9.59 Å². The van der Waals surface area contributed by atoms with Crippen molar-refractivity contribution in [2.45, 2.75) is 38.1 Å². The van der Waals surface area contributed by atoms with Crippen molar-refractivity contribution in [3.05, 3.63) is 59.7 Å². The second kappa shape index (κ2) is 9.42. The van der Waals surface area contributed by atoms with E-state index in [-0.39, 0.29) is 37.4 Å². The van der Waals surface area contributed by atoms with Crippen molar-refractivity contribution in [2.75, 3.05) is 19.7 Å². The van der Waals surface area contributed by atoms with Crippen LogP contribution in [-0.4, -0.2) is 53.7 Å². The third-order valence-corrected chi connectivity index (χ3v) is 6.52. The second-order valence-corrected chi connectivity index (χ2v) is 8.38. The molecule has 1 unspecified atom stereocenters. The van der Waals surface area contributed by atoms with Crippen molar-refractivity contribution in [2.24, 2.45) is 5.92 Å². The Morgan fingerprint density at radius 2 is 1.66 bits per heavy atom. The third-order valence-electron chi connectivity index (χ3n) is 6.52. The van der Waals surface area contributed by atoms with Crippen LogP contribution in [-0.2, 0) is 14.3 Å². The molecule has 1 fully saturated rings. The molecule has 7 heteroatoms. The maximum Gasteiger partial charge on any atom is 0.407 e. The number of nitrogens with one attached hydrogen (secondary N) is 1. The SMILES string of the molecule is CCN(CC(=O)O)C(=O)C(NC(=O)OCC1c2ccccc2-c2ccccc21)C1CCC1. The summed E-state index contributed by atoms with van der Waals surface area (Å²) in [5, 5.41) is 11.8. The van der Waals surface area contributed by atoms with Crippen molar-refractivity contribution in [1.29, 1.82) is 0 Å². The molecule has 0 radical (unpaired) electrons. The average molecular weight is 437 g/mol. The number of carbonyl (C=O) groups is 3. The van der Waals surface area contributed by atoms with E-state index in [9.17, 15) is 14.4 Å². The van der Waals surface area contributed by atoms with Crippen LogP contribution in [0.2, 0.25) is 0 Å². The molecule has 32 heavy (non-hydrogen) atoms. The Morgan fingerprint density at radius 3 is 2.16 bits per heavy atom. The van der Waals surface area contributed by atoms with Crippen molar-refractivity contribution < 1.29 is 24.2 Å². The molecule has 2 N–H and O–H groups in total. The average Bonchev–Trinajstić information content (AvgIpc) is 3.07. The van der Waals surface area contributed by atoms with Gasteiger partial charge in [-0.1, -0.05) is 55.0 Å². The predicted octanol–water partition coefficient (Wildman–Crippen LogP) is 3.63. The summed E-state index contributed by atoms with van der Waals surface area (Å²) in [7, 11) is 0. The molecule has 4 rings (SSSR count). The van der Waals surface area contributed by atoms with Crippen molar-refractivity contribution in [1.82, 2.24) is 10.2 Å². The first kappa shape index (κ1) is 21.9. The fourth-order valence-corrected chi connectivity index (χ4v) is 4.63. The van der Waals surface area contributed by atoms with Gasteiger partial charge in [-0.25, -0.2) is 4.79 Å². The number of fused-ring (bicyclic) bond motifs is 3. The van der Waals surface area contributed by atoms with Gasteiger partial charge < -0.3 is 20.1 Å². The lowest BCUT2D eigenvalue weighted by molar-refractivity contribution is -0.146. The van der Waals surface area contributed by atoms with Crippen LogP contribution in [0, 0.1) is 5.92 Å². The number of ether oxygens (including phenoxy) is 1. The number of benzene rings is 2. The summed E-state index contributed by atoms with van der Waals surface area (Å²) >= 11 is 0. The largest absolute Gasteiger partial charge is 0.480 e. The van der Waals surface area contributed by atoms with Crippen LogP contribution >= 0.6 is 0 Å². The lowest BCUT2D eigenvalue weighted by Gasteiger charge is -2.35. The van der Waals surface area contributed by atoms with E-state index in [4.69, 9.17) is 9.84 Å². The van der Waals surface area contributed by atoms with Gasteiger partial charge in [0.05, 0.1) is 0 Å². The summed E-state index contributed by atoms with van der Waals surface area (Å²) in [6.07, 6.45) is 1.99. The number of likely N-dealkylation sites (N-methyl/N-ethyl adjacent to an activating group) is 1. The van der Waals surface area contributed by atoms with Crippen LogP contribution in [0.4, 0.5) is 4.79 Å². The minimum Gasteiger partial charge on any atom is -0.480 e. The first-order chi connectivity index (χ1) is 15.5. The Balaban J connectivity index is 1.44. The lowest BCUT2D eigenvalue weighted by Crippen LogP contribution is -2.54. The van der Waals surface area contributed by atoms with Gasteiger partial charge in [0.15, 0.2) is 0 Å². The molecule has 2 aliphatic carbocycles. The Hall–Kier alpha value is -3.35. The van der Waals surface area contributed by atoms with Gasteiger partial charge in [-0.15, -0.1) is 0 Å². The molecule has 0 aromatic heterocycles. The van der Waals surface area contributed by atoms with E-state index in [2.05, 4.69) is 17.4 Å². The zero-order valence-corrected chi connectivity index (χ0v) is 18.1. The molecule has 1 saturated carbocycles. The molecule has 7 nitrogen and oxygen atoms in total. The number of rotatable bonds is 8. The summed E-state index contributed by atoms with van der Waals surface area (Å²) in [6, 6.07) is 15.4. The van der Waals surface area contributed by atoms with E-state index in [1.807, 2.05) is 36.4 Å². The monoisotopic (exact) mass is 436 g/mol. The fourth-order valence-electron chi connectivity index (χ4n) is 4.63. The molecule has 2 amide bonds. The number of alkyl carbamates (subject to hydrolysis) is 1. The number of aliphatic carboxylic acids is 1. The number of hydrogen-bond donors (Lipinski definition) is 2. The zero-order valence-electron chi connectivity index (χ0n) is 18.1. The van der Waals surface area contributed by atoms with Crippen LogP contribution in [0.25, 0.3) is 11.1 Å². The van der Waals surface area contributed by atoms with Gasteiger partial charge >= 0.3 is 12.1 Å². The quantitative estimate of drug-likeness (QED) is 0.659. The first-order valence-electron chi connectivity index (χ1n) is 11.1. The summed E-state index contributed by atoms with van der Waals surface area (Å²) < 4.78 is 5.60. The predicted molar refractivity (Wildman–Crippen MR) is 119 cm³/mol. The van der Waals surface area contributed by atoms with Gasteiger partial charge in [-0.2, -0.15) is 0 Å². The number of amides is 2. The molecule has 1 atom stereocenters. The number of hydrogen-bond acceptors (Lipinski definition) is 4. The summed E-state index contributed by atoms with van der Waals surface area (Å²) in [4.78, 5) is 38.0. The van der Waals surface area contributed by atoms with E-state index < -0.39 is 18.1 Å². The smallest absolute Gasteiger partial charge is 0.407 e. The zero-order chi connectivity index (χ0) is 22.7. The number of nitrogens with zero attached hydrogens (tertiary/aromatic N) is 1. The molecule has 168 valence electrons. The normalized spacial score (nSPS) is 15.8. The molecular weight excluding hydrogens is 408 g/mol. The minimum absolute atomic E-state index is 0.00540. The van der Waals surface area contributed by atoms with E-state index in [0.29, 0.717) is 0 Å². The van der Waals surface area contributed by atoms with Crippen molar-refractivity contribution >= 4 is 18.0 Å². The van der Waals surface area contributed by atoms with Gasteiger partial charge in [0.2, 0.25) is 5.91 Å². The number of carboxylic acid groups (broad SMARTS) is 1. The summed E-state index contributed by atoms with van der Waals surface area (Å²) in [5.74, 6) is -1.50. The molecular formula is C25H28N2O5. The van der Waals surface area contributed by atoms with Crippen LogP contribution in [0.1, 0.15) is 43.2 Å². The van der Waals surface area contributed by atoms with Crippen LogP contribution in [0.5, 0.6) is 0 Å². The van der Waals surface area contributed by atoms with Crippen molar-refractivity contribution in [3.63, 3.8) is 0 Å². The first-order valence-corrected chi connectivity index (χ1v) is 11.1. The van der Waals surface area contributed by atoms with E-state index in [0.717, 1.165) is 41.5 Å². The van der Waals surface area contributed by atoms with E-state index in [1.54, 1.807) is 6.92 Å². The maximum atomic E-state index is 13.0. The van der Waals surface area contributed by atoms with E-state index in [1.165, 1.54) is 4.90 Å². The fraction of sp³-hybridized carbons (Fsp3) is 0.400. The number of carboxylic acids is 1. The molecule has 0 saturated heterocycles. The Labute approximate surface area is 187 Å². The molecule has 2 aromatic carbocycles. The van der Waals surface area contributed by atoms with Gasteiger partial charge in [-0.05, 0) is 47.9 Å². The molecule has 0 spiro atoms. The van der Waals surface area contributed by atoms with Crippen molar-refractivity contribution in [3.8, 4) is 11.1 Å². The van der Waals surface area contributed by atoms with Gasteiger partial charge in [0.25, 0.3) is 0 Å². The minimum atomic E-state index is -1.08. The molecule has 0 aliphatic heterocycles. The molecule has 0 bridgehead atoms. The second-order valence-electron chi connectivity index (χ2n) is 8.38. The highest BCUT2D eigenvalue weighted by atomic mass is 16.5. The maximum absolute atomic E-state index is 13.0. The Bertz CT molecular complexity index is 971. The molecule has 2 aliphatic rings. The molecule has 2 aromatic rings. The number of carbonyl (C=O) groups excluding carboxylic acids is 2. The standard InChI is InChI=1S/C25H28N2O5/c1-2-27(14-22(28)29)24(30)23(16-8-7-9-16)26-25(31)32-15-21-19-12-5-3-10-17(19)18-11-4-6-13-20(18)21/h3-6,10-13,16,21,23H,2,7-9,14-15H2,1H3,(H,26,31)(H,28,29). The van der Waals surface area contributed by atoms with Crippen LogP contribution in [0.15, 0.2) is 48.5 Å². The highest BCUT2D eigenvalue weighted by Gasteiger charge is 2.37. The highest BCUT2D eigenvalue weighted by molar-refractivity contribution is 5.88. The highest BCUT2D eigenvalue weighted by Crippen LogP contribution is 2.44. The van der Waals surface area contributed by atoms with Crippen LogP contribution in [0.3, 0.4) is 0 Å². The summed E-state index contributed by atoms with van der Waals surface area (Å²) in [5.41, 5.74) is 4.53. The van der Waals surface area contributed by atoms with Gasteiger partial charge in [0, 0.05) is 12.5 Å². The summed E-state index contributed by atoms with van der Waals surface area (Å²) in [6.45, 7) is 1.77. The molecule has 0 heterocycles. The lowest BCUT2D eigenvalue weighted by atomic mass is 9.79. The topological polar surface area (TPSA) is 95.9 Å². The Kier molecular flexibility index (Phi) is 6.44. The van der Waals surface area contributed by atoms with E-state index >= 15 is 0 Å². The third kappa shape index (κ3) is 4.33. The Morgan fingerprint density at radius 1 is 1.06 bits per heavy atom. The van der Waals surface area contributed by atoms with Crippen LogP contribution < -0.4 is 5.32 Å².